The van der Waals surface area contributed by atoms with Crippen molar-refractivity contribution < 1.29 is 9.47 Å². The summed E-state index contributed by atoms with van der Waals surface area (Å²) in [5.41, 5.74) is 7.72. The average Bonchev–Trinajstić information content (AvgIpc) is 2.63. The lowest BCUT2D eigenvalue weighted by atomic mass is 10.2. The third-order valence-electron chi connectivity index (χ3n) is 3.50. The van der Waals surface area contributed by atoms with Crippen LogP contribution in [-0.4, -0.2) is 36.9 Å². The van der Waals surface area contributed by atoms with Crippen LogP contribution in [0.1, 0.15) is 5.56 Å². The van der Waals surface area contributed by atoms with E-state index in [0.29, 0.717) is 22.2 Å². The Morgan fingerprint density at radius 3 is 2.52 bits per heavy atom. The van der Waals surface area contributed by atoms with Gasteiger partial charge in [0.25, 0.3) is 0 Å². The number of anilines is 1. The number of nitrogen functional groups attached to an aromatic ring is 1. The minimum atomic E-state index is 0.579. The molecule has 0 aliphatic carbocycles. The molecule has 4 nitrogen and oxygen atoms in total. The highest BCUT2D eigenvalue weighted by Crippen LogP contribution is 2.36. The zero-order valence-electron chi connectivity index (χ0n) is 14.4. The van der Waals surface area contributed by atoms with Crippen LogP contribution in [0.15, 0.2) is 41.3 Å². The molecule has 7 heteroatoms. The first-order chi connectivity index (χ1) is 12.1. The molecule has 1 saturated heterocycles. The van der Waals surface area contributed by atoms with Crippen molar-refractivity contribution in [2.24, 2.45) is 0 Å². The van der Waals surface area contributed by atoms with Gasteiger partial charge in [0.1, 0.15) is 5.75 Å². The molecule has 0 spiro atoms. The second-order valence-corrected chi connectivity index (χ2v) is 6.95. The van der Waals surface area contributed by atoms with E-state index < -0.39 is 0 Å². The molecule has 0 amide bonds. The van der Waals surface area contributed by atoms with Crippen LogP contribution in [0, 0.1) is 6.92 Å². The lowest BCUT2D eigenvalue weighted by Gasteiger charge is -2.25. The molecular formula is C18H23ClN2O2S2. The largest absolute Gasteiger partial charge is 0.454 e. The van der Waals surface area contributed by atoms with Gasteiger partial charge >= 0.3 is 0 Å². The molecule has 2 N–H and O–H groups in total. The van der Waals surface area contributed by atoms with Crippen LogP contribution in [-0.2, 0) is 4.74 Å². The van der Waals surface area contributed by atoms with Crippen LogP contribution in [0.3, 0.4) is 0 Å². The molecule has 0 unspecified atom stereocenters. The number of nitrogens with two attached hydrogens (primary N) is 1. The maximum absolute atomic E-state index is 6.23. The number of thiol groups is 1. The third kappa shape index (κ3) is 6.01. The van der Waals surface area contributed by atoms with Crippen molar-refractivity contribution in [2.45, 2.75) is 11.8 Å². The second-order valence-electron chi connectivity index (χ2n) is 5.37. The summed E-state index contributed by atoms with van der Waals surface area (Å²) < 4.78 is 13.6. The van der Waals surface area contributed by atoms with Gasteiger partial charge in [0.15, 0.2) is 5.75 Å². The number of nitrogens with zero attached hydrogens (tertiary/aromatic N) is 1. The van der Waals surface area contributed by atoms with E-state index in [9.17, 15) is 0 Å². The summed E-state index contributed by atoms with van der Waals surface area (Å²) in [5, 5.41) is 0.579. The number of rotatable bonds is 4. The fraction of sp³-hybridized carbons (Fsp3) is 0.333. The monoisotopic (exact) mass is 398 g/mol. The van der Waals surface area contributed by atoms with Crippen LogP contribution in [0.5, 0.6) is 11.5 Å². The Kier molecular flexibility index (Phi) is 8.26. The van der Waals surface area contributed by atoms with Gasteiger partial charge < -0.3 is 15.2 Å². The molecule has 0 bridgehead atoms. The number of ether oxygens (including phenoxy) is 2. The summed E-state index contributed by atoms with van der Waals surface area (Å²) in [5.74, 6) is 1.23. The SMILES string of the molecule is CS.Cc1ccc(Oc2cc(SN3CCOCC3)ccc2N)c(Cl)c1. The Morgan fingerprint density at radius 2 is 1.84 bits per heavy atom. The second kappa shape index (κ2) is 10.2. The Bertz CT molecular complexity index is 695. The lowest BCUT2D eigenvalue weighted by Crippen LogP contribution is -2.30. The summed E-state index contributed by atoms with van der Waals surface area (Å²) in [6, 6.07) is 11.5. The van der Waals surface area contributed by atoms with E-state index in [1.165, 1.54) is 0 Å². The van der Waals surface area contributed by atoms with E-state index in [1.54, 1.807) is 18.2 Å². The van der Waals surface area contributed by atoms with Crippen molar-refractivity contribution in [2.75, 3.05) is 38.3 Å². The van der Waals surface area contributed by atoms with E-state index in [2.05, 4.69) is 16.9 Å². The smallest absolute Gasteiger partial charge is 0.151 e. The van der Waals surface area contributed by atoms with Gasteiger partial charge in [0, 0.05) is 18.0 Å². The molecule has 0 aromatic heterocycles. The molecule has 3 rings (SSSR count). The Morgan fingerprint density at radius 1 is 1.12 bits per heavy atom. The molecule has 0 atom stereocenters. The van der Waals surface area contributed by atoms with Gasteiger partial charge in [-0.25, -0.2) is 4.31 Å². The van der Waals surface area contributed by atoms with E-state index in [0.717, 1.165) is 36.8 Å². The van der Waals surface area contributed by atoms with E-state index >= 15 is 0 Å². The molecule has 1 aliphatic rings. The number of aryl methyl sites for hydroxylation is 1. The van der Waals surface area contributed by atoms with E-state index in [4.69, 9.17) is 26.8 Å². The molecule has 1 heterocycles. The van der Waals surface area contributed by atoms with Crippen LogP contribution < -0.4 is 10.5 Å². The fourth-order valence-electron chi connectivity index (χ4n) is 2.25. The van der Waals surface area contributed by atoms with Crippen LogP contribution in [0.25, 0.3) is 0 Å². The quantitative estimate of drug-likeness (QED) is 0.435. The maximum Gasteiger partial charge on any atom is 0.151 e. The molecule has 1 fully saturated rings. The first kappa shape index (κ1) is 20.3. The topological polar surface area (TPSA) is 47.7 Å². The van der Waals surface area contributed by atoms with Gasteiger partial charge in [-0.1, -0.05) is 17.7 Å². The number of halogens is 1. The number of benzene rings is 2. The van der Waals surface area contributed by atoms with Gasteiger partial charge in [-0.05, 0) is 61.0 Å². The van der Waals surface area contributed by atoms with Gasteiger partial charge in [-0.2, -0.15) is 12.6 Å². The summed E-state index contributed by atoms with van der Waals surface area (Å²) in [4.78, 5) is 1.08. The van der Waals surface area contributed by atoms with Crippen molar-refractivity contribution in [1.29, 1.82) is 0 Å². The number of hydrogen-bond donors (Lipinski definition) is 2. The van der Waals surface area contributed by atoms with Gasteiger partial charge in [-0.15, -0.1) is 0 Å². The molecular weight excluding hydrogens is 376 g/mol. The predicted molar refractivity (Wildman–Crippen MR) is 110 cm³/mol. The number of hydrogen-bond acceptors (Lipinski definition) is 6. The summed E-state index contributed by atoms with van der Waals surface area (Å²) in [7, 11) is 0. The Labute approximate surface area is 164 Å². The average molecular weight is 399 g/mol. The third-order valence-corrected chi connectivity index (χ3v) is 4.88. The maximum atomic E-state index is 6.23. The highest BCUT2D eigenvalue weighted by Gasteiger charge is 2.13. The predicted octanol–water partition coefficient (Wildman–Crippen LogP) is 4.91. The highest BCUT2D eigenvalue weighted by molar-refractivity contribution is 7.97. The van der Waals surface area contributed by atoms with Crippen LogP contribution in [0.2, 0.25) is 5.02 Å². The summed E-state index contributed by atoms with van der Waals surface area (Å²) in [6.45, 7) is 5.35. The molecule has 0 radical (unpaired) electrons. The Balaban J connectivity index is 0.00000109. The van der Waals surface area contributed by atoms with Crippen LogP contribution >= 0.6 is 36.2 Å². The molecule has 2 aromatic rings. The summed E-state index contributed by atoms with van der Waals surface area (Å²) in [6.07, 6.45) is 1.69. The molecule has 136 valence electrons. The van der Waals surface area contributed by atoms with Crippen molar-refractivity contribution in [3.63, 3.8) is 0 Å². The zero-order chi connectivity index (χ0) is 18.2. The van der Waals surface area contributed by atoms with E-state index in [1.807, 2.05) is 43.3 Å². The van der Waals surface area contributed by atoms with E-state index in [-0.39, 0.29) is 0 Å². The highest BCUT2D eigenvalue weighted by atomic mass is 35.5. The molecule has 1 aliphatic heterocycles. The first-order valence-corrected chi connectivity index (χ1v) is 9.95. The van der Waals surface area contributed by atoms with Crippen molar-refractivity contribution >= 4 is 41.9 Å². The van der Waals surface area contributed by atoms with Crippen molar-refractivity contribution in [1.82, 2.24) is 4.31 Å². The first-order valence-electron chi connectivity index (χ1n) is 7.91. The minimum absolute atomic E-state index is 0.579. The number of morpholine rings is 1. The fourth-order valence-corrected chi connectivity index (χ4v) is 3.45. The van der Waals surface area contributed by atoms with Crippen molar-refractivity contribution in [3.05, 3.63) is 47.0 Å². The van der Waals surface area contributed by atoms with Gasteiger partial charge in [0.05, 0.1) is 23.9 Å². The molecule has 25 heavy (non-hydrogen) atoms. The summed E-state index contributed by atoms with van der Waals surface area (Å²) >= 11 is 11.5. The zero-order valence-corrected chi connectivity index (χ0v) is 16.8. The Hall–Kier alpha value is -1.05. The standard InChI is InChI=1S/C17H19ClN2O2S.CH4S/c1-12-2-5-16(14(18)10-12)22-17-11-13(3-4-15(17)19)23-20-6-8-21-9-7-20;1-2/h2-5,10-11H,6-9,19H2,1H3;2H,1H3. The van der Waals surface area contributed by atoms with Gasteiger partial charge in [-0.3, -0.25) is 0 Å². The molecule has 2 aromatic carbocycles. The molecule has 0 saturated carbocycles. The van der Waals surface area contributed by atoms with Crippen molar-refractivity contribution in [3.8, 4) is 11.5 Å². The van der Waals surface area contributed by atoms with Gasteiger partial charge in [0.2, 0.25) is 0 Å². The normalized spacial score (nSPS) is 14.6. The lowest BCUT2D eigenvalue weighted by molar-refractivity contribution is 0.0773. The van der Waals surface area contributed by atoms with Crippen LogP contribution in [0.4, 0.5) is 5.69 Å². The minimum Gasteiger partial charge on any atom is -0.454 e.